The number of nitrogens with one attached hydrogen (secondary N) is 3. The van der Waals surface area contributed by atoms with Gasteiger partial charge in [-0.25, -0.2) is 0 Å². The summed E-state index contributed by atoms with van der Waals surface area (Å²) in [5, 5.41) is 8.82. The van der Waals surface area contributed by atoms with Crippen LogP contribution >= 0.6 is 0 Å². The van der Waals surface area contributed by atoms with Crippen LogP contribution in [0.2, 0.25) is 0 Å². The SMILES string of the molecule is CCCCNC(=O)c1cccc(NCC(=O)Nc2cccc(OCC3CCCO3)c2)c1. The Morgan fingerprint density at radius 3 is 2.77 bits per heavy atom. The molecule has 1 unspecified atom stereocenters. The quantitative estimate of drug-likeness (QED) is 0.476. The van der Waals surface area contributed by atoms with Crippen molar-refractivity contribution in [3.63, 3.8) is 0 Å². The molecule has 7 nitrogen and oxygen atoms in total. The first-order valence-electron chi connectivity index (χ1n) is 10.9. The first-order chi connectivity index (χ1) is 15.1. The Labute approximate surface area is 183 Å². The molecule has 0 radical (unpaired) electrons. The van der Waals surface area contributed by atoms with Crippen molar-refractivity contribution in [1.82, 2.24) is 5.32 Å². The molecule has 0 spiro atoms. The molecular weight excluding hydrogens is 394 g/mol. The van der Waals surface area contributed by atoms with Crippen molar-refractivity contribution in [2.45, 2.75) is 38.7 Å². The summed E-state index contributed by atoms with van der Waals surface area (Å²) in [6, 6.07) is 14.4. The minimum absolute atomic E-state index is 0.0852. The molecule has 166 valence electrons. The van der Waals surface area contributed by atoms with Gasteiger partial charge in [0.2, 0.25) is 5.91 Å². The van der Waals surface area contributed by atoms with E-state index >= 15 is 0 Å². The Morgan fingerprint density at radius 1 is 1.13 bits per heavy atom. The van der Waals surface area contributed by atoms with Gasteiger partial charge in [-0.2, -0.15) is 0 Å². The van der Waals surface area contributed by atoms with E-state index in [9.17, 15) is 9.59 Å². The van der Waals surface area contributed by atoms with Gasteiger partial charge in [0.25, 0.3) is 5.91 Å². The van der Waals surface area contributed by atoms with E-state index in [1.54, 1.807) is 24.3 Å². The average Bonchev–Trinajstić information content (AvgIpc) is 3.31. The minimum Gasteiger partial charge on any atom is -0.491 e. The van der Waals surface area contributed by atoms with Crippen molar-refractivity contribution in [3.05, 3.63) is 54.1 Å². The normalized spacial score (nSPS) is 15.3. The van der Waals surface area contributed by atoms with Gasteiger partial charge in [0.15, 0.2) is 0 Å². The predicted molar refractivity (Wildman–Crippen MR) is 122 cm³/mol. The zero-order valence-electron chi connectivity index (χ0n) is 18.0. The number of carbonyl (C=O) groups is 2. The number of unbranched alkanes of at least 4 members (excludes halogenated alkanes) is 1. The molecule has 1 heterocycles. The first kappa shape index (κ1) is 22.6. The molecule has 3 N–H and O–H groups in total. The van der Waals surface area contributed by atoms with Crippen LogP contribution in [0.25, 0.3) is 0 Å². The second-order valence-electron chi connectivity index (χ2n) is 7.57. The van der Waals surface area contributed by atoms with Gasteiger partial charge in [0.1, 0.15) is 12.4 Å². The van der Waals surface area contributed by atoms with Crippen LogP contribution in [0.5, 0.6) is 5.75 Å². The summed E-state index contributed by atoms with van der Waals surface area (Å²) in [6.07, 6.45) is 4.21. The third kappa shape index (κ3) is 7.61. The molecular formula is C24H31N3O4. The number of amides is 2. The van der Waals surface area contributed by atoms with Crippen LogP contribution in [0.3, 0.4) is 0 Å². The molecule has 2 aromatic carbocycles. The van der Waals surface area contributed by atoms with Crippen molar-refractivity contribution in [2.24, 2.45) is 0 Å². The summed E-state index contributed by atoms with van der Waals surface area (Å²) >= 11 is 0. The highest BCUT2D eigenvalue weighted by atomic mass is 16.5. The summed E-state index contributed by atoms with van der Waals surface area (Å²) in [5.74, 6) is 0.401. The molecule has 7 heteroatoms. The molecule has 1 saturated heterocycles. The molecule has 0 bridgehead atoms. The highest BCUT2D eigenvalue weighted by Gasteiger charge is 2.16. The highest BCUT2D eigenvalue weighted by molar-refractivity contribution is 5.96. The smallest absolute Gasteiger partial charge is 0.251 e. The van der Waals surface area contributed by atoms with E-state index < -0.39 is 0 Å². The van der Waals surface area contributed by atoms with E-state index in [-0.39, 0.29) is 24.5 Å². The third-order valence-corrected chi connectivity index (χ3v) is 4.97. The standard InChI is InChI=1S/C24H31N3O4/c1-2-3-12-25-24(29)18-7-4-8-19(14-18)26-16-23(28)27-20-9-5-10-21(15-20)31-17-22-11-6-13-30-22/h4-5,7-10,14-15,22,26H,2-3,6,11-13,16-17H2,1H3,(H,25,29)(H,27,28). The molecule has 1 fully saturated rings. The lowest BCUT2D eigenvalue weighted by atomic mass is 10.2. The van der Waals surface area contributed by atoms with Gasteiger partial charge in [-0.3, -0.25) is 9.59 Å². The number of carbonyl (C=O) groups excluding carboxylic acids is 2. The van der Waals surface area contributed by atoms with Gasteiger partial charge in [-0.15, -0.1) is 0 Å². The van der Waals surface area contributed by atoms with Crippen molar-refractivity contribution >= 4 is 23.2 Å². The Hall–Kier alpha value is -3.06. The topological polar surface area (TPSA) is 88.7 Å². The lowest BCUT2D eigenvalue weighted by molar-refractivity contribution is -0.114. The third-order valence-electron chi connectivity index (χ3n) is 4.97. The maximum absolute atomic E-state index is 12.3. The summed E-state index contributed by atoms with van der Waals surface area (Å²) in [4.78, 5) is 24.5. The predicted octanol–water partition coefficient (Wildman–Crippen LogP) is 3.82. The average molecular weight is 426 g/mol. The molecule has 2 amide bonds. The fraction of sp³-hybridized carbons (Fsp3) is 0.417. The van der Waals surface area contributed by atoms with Crippen LogP contribution in [0, 0.1) is 0 Å². The van der Waals surface area contributed by atoms with Gasteiger partial charge in [-0.05, 0) is 49.6 Å². The molecule has 3 rings (SSSR count). The minimum atomic E-state index is -0.186. The Balaban J connectivity index is 1.46. The number of anilines is 2. The number of hydrogen-bond donors (Lipinski definition) is 3. The van der Waals surface area contributed by atoms with Crippen LogP contribution in [0.15, 0.2) is 48.5 Å². The molecule has 1 aliphatic heterocycles. The van der Waals surface area contributed by atoms with Crippen molar-refractivity contribution in [3.8, 4) is 5.75 Å². The second kappa shape index (κ2) is 12.0. The summed E-state index contributed by atoms with van der Waals surface area (Å²) < 4.78 is 11.3. The largest absolute Gasteiger partial charge is 0.491 e. The molecule has 1 aliphatic rings. The molecule has 2 aromatic rings. The number of rotatable bonds is 11. The van der Waals surface area contributed by atoms with Gasteiger partial charge in [-0.1, -0.05) is 25.5 Å². The zero-order chi connectivity index (χ0) is 21.9. The van der Waals surface area contributed by atoms with Crippen LogP contribution in [0.4, 0.5) is 11.4 Å². The number of hydrogen-bond acceptors (Lipinski definition) is 5. The van der Waals surface area contributed by atoms with Gasteiger partial charge in [0.05, 0.1) is 12.6 Å². The maximum Gasteiger partial charge on any atom is 0.251 e. The van der Waals surface area contributed by atoms with E-state index in [2.05, 4.69) is 22.9 Å². The van der Waals surface area contributed by atoms with E-state index in [0.717, 1.165) is 32.3 Å². The van der Waals surface area contributed by atoms with Crippen molar-refractivity contribution < 1.29 is 19.1 Å². The zero-order valence-corrected chi connectivity index (χ0v) is 18.0. The van der Waals surface area contributed by atoms with Gasteiger partial charge in [0, 0.05) is 36.2 Å². The van der Waals surface area contributed by atoms with Crippen LogP contribution in [0.1, 0.15) is 43.0 Å². The number of ether oxygens (including phenoxy) is 2. The molecule has 1 atom stereocenters. The summed E-state index contributed by atoms with van der Waals surface area (Å²) in [5.41, 5.74) is 1.95. The fourth-order valence-electron chi connectivity index (χ4n) is 3.27. The van der Waals surface area contributed by atoms with Gasteiger partial charge < -0.3 is 25.4 Å². The Bertz CT molecular complexity index is 865. The monoisotopic (exact) mass is 425 g/mol. The van der Waals surface area contributed by atoms with E-state index in [1.165, 1.54) is 0 Å². The maximum atomic E-state index is 12.3. The Kier molecular flexibility index (Phi) is 8.72. The lowest BCUT2D eigenvalue weighted by Gasteiger charge is -2.13. The van der Waals surface area contributed by atoms with Gasteiger partial charge >= 0.3 is 0 Å². The molecule has 0 aliphatic carbocycles. The first-order valence-corrected chi connectivity index (χ1v) is 10.9. The number of benzene rings is 2. The van der Waals surface area contributed by atoms with E-state index in [4.69, 9.17) is 9.47 Å². The Morgan fingerprint density at radius 2 is 1.97 bits per heavy atom. The van der Waals surface area contributed by atoms with E-state index in [0.29, 0.717) is 35.8 Å². The molecule has 31 heavy (non-hydrogen) atoms. The molecule has 0 saturated carbocycles. The second-order valence-corrected chi connectivity index (χ2v) is 7.57. The molecule has 0 aromatic heterocycles. The van der Waals surface area contributed by atoms with Crippen LogP contribution in [-0.2, 0) is 9.53 Å². The van der Waals surface area contributed by atoms with Crippen LogP contribution < -0.4 is 20.7 Å². The van der Waals surface area contributed by atoms with E-state index in [1.807, 2.05) is 24.3 Å². The fourth-order valence-corrected chi connectivity index (χ4v) is 3.27. The lowest BCUT2D eigenvalue weighted by Crippen LogP contribution is -2.25. The van der Waals surface area contributed by atoms with Crippen molar-refractivity contribution in [2.75, 3.05) is 36.9 Å². The summed E-state index contributed by atoms with van der Waals surface area (Å²) in [6.45, 7) is 4.13. The summed E-state index contributed by atoms with van der Waals surface area (Å²) in [7, 11) is 0. The van der Waals surface area contributed by atoms with Crippen molar-refractivity contribution in [1.29, 1.82) is 0 Å². The highest BCUT2D eigenvalue weighted by Crippen LogP contribution is 2.20. The van der Waals surface area contributed by atoms with Crippen LogP contribution in [-0.4, -0.2) is 44.2 Å².